The molecule has 4 rings (SSSR count). The molecule has 0 atom stereocenters. The summed E-state index contributed by atoms with van der Waals surface area (Å²) >= 11 is 1.27. The van der Waals surface area contributed by atoms with Gasteiger partial charge in [0.1, 0.15) is 23.3 Å². The van der Waals surface area contributed by atoms with Crippen molar-refractivity contribution in [2.75, 3.05) is 5.32 Å². The Bertz CT molecular complexity index is 1310. The highest BCUT2D eigenvalue weighted by atomic mass is 32.1. The highest BCUT2D eigenvalue weighted by Crippen LogP contribution is 2.28. The average Bonchev–Trinajstić information content (AvgIpc) is 3.19. The van der Waals surface area contributed by atoms with Crippen molar-refractivity contribution >= 4 is 33.5 Å². The molecule has 148 valence electrons. The maximum Gasteiger partial charge on any atom is 0.265 e. The molecule has 0 unspecified atom stereocenters. The molecule has 1 aromatic carbocycles. The van der Waals surface area contributed by atoms with E-state index < -0.39 is 5.91 Å². The lowest BCUT2D eigenvalue weighted by Crippen LogP contribution is -2.20. The number of halogens is 1. The molecular formula is C20H17FN4O3S. The molecule has 3 aromatic heterocycles. The third kappa shape index (κ3) is 3.44. The van der Waals surface area contributed by atoms with Crippen LogP contribution in [0.2, 0.25) is 0 Å². The Balaban J connectivity index is 1.64. The number of furan rings is 1. The van der Waals surface area contributed by atoms with Crippen LogP contribution in [0.15, 0.2) is 39.8 Å². The Hall–Kier alpha value is -3.33. The minimum Gasteiger partial charge on any atom is -0.442 e. The fraction of sp³-hybridized carbons (Fsp3) is 0.200. The number of hydrogen-bond donors (Lipinski definition) is 1. The van der Waals surface area contributed by atoms with Gasteiger partial charge in [-0.3, -0.25) is 14.9 Å². The van der Waals surface area contributed by atoms with Gasteiger partial charge in [-0.05, 0) is 25.5 Å². The van der Waals surface area contributed by atoms with E-state index in [0.717, 1.165) is 4.88 Å². The third-order valence-corrected chi connectivity index (χ3v) is 5.67. The fourth-order valence-corrected chi connectivity index (χ4v) is 4.06. The zero-order chi connectivity index (χ0) is 20.7. The van der Waals surface area contributed by atoms with Crippen LogP contribution in [0.5, 0.6) is 0 Å². The van der Waals surface area contributed by atoms with Gasteiger partial charge in [0.05, 0.1) is 11.3 Å². The number of aromatic nitrogens is 3. The van der Waals surface area contributed by atoms with Gasteiger partial charge in [-0.2, -0.15) is 0 Å². The number of carbonyl (C=O) groups is 1. The lowest BCUT2D eigenvalue weighted by molar-refractivity contribution is 0.102. The highest BCUT2D eigenvalue weighted by molar-refractivity contribution is 7.15. The molecular weight excluding hydrogens is 395 g/mol. The molecule has 0 spiro atoms. The molecule has 0 saturated carbocycles. The normalized spacial score (nSPS) is 11.2. The molecule has 0 fully saturated rings. The minimum atomic E-state index is -0.502. The van der Waals surface area contributed by atoms with Crippen LogP contribution in [-0.4, -0.2) is 20.4 Å². The van der Waals surface area contributed by atoms with Crippen molar-refractivity contribution in [3.8, 4) is 0 Å². The summed E-state index contributed by atoms with van der Waals surface area (Å²) in [7, 11) is 1.55. The first-order chi connectivity index (χ1) is 13.8. The summed E-state index contributed by atoms with van der Waals surface area (Å²) in [5.74, 6) is -0.486. The van der Waals surface area contributed by atoms with Crippen LogP contribution in [0.1, 0.15) is 32.3 Å². The van der Waals surface area contributed by atoms with E-state index in [9.17, 15) is 14.0 Å². The molecule has 29 heavy (non-hydrogen) atoms. The molecule has 4 aromatic rings. The zero-order valence-corrected chi connectivity index (χ0v) is 16.8. The molecule has 0 bridgehead atoms. The van der Waals surface area contributed by atoms with Gasteiger partial charge in [0.15, 0.2) is 5.13 Å². The molecule has 0 radical (unpaired) electrons. The first kappa shape index (κ1) is 19.0. The van der Waals surface area contributed by atoms with Gasteiger partial charge in [0, 0.05) is 18.3 Å². The van der Waals surface area contributed by atoms with Crippen LogP contribution in [-0.2, 0) is 13.5 Å². The molecule has 0 saturated heterocycles. The standard InChI is InChI=1S/C20H17FN4O3S/c1-10-14(8-12-6-4-5-7-13(12)21)29-20(23-10)24-17(26)15-11(2)28-18-16(15)19(27)25(3)9-22-18/h4-7,9H,8H2,1-3H3,(H,23,24,26). The van der Waals surface area contributed by atoms with Crippen molar-refractivity contribution < 1.29 is 13.6 Å². The number of aryl methyl sites for hydroxylation is 3. The first-order valence-corrected chi connectivity index (χ1v) is 9.62. The summed E-state index contributed by atoms with van der Waals surface area (Å²) in [4.78, 5) is 34.6. The van der Waals surface area contributed by atoms with Gasteiger partial charge >= 0.3 is 0 Å². The number of carbonyl (C=O) groups excluding carboxylic acids is 1. The van der Waals surface area contributed by atoms with E-state index >= 15 is 0 Å². The predicted molar refractivity (Wildman–Crippen MR) is 108 cm³/mol. The molecule has 9 heteroatoms. The summed E-state index contributed by atoms with van der Waals surface area (Å²) in [6.45, 7) is 3.41. The van der Waals surface area contributed by atoms with E-state index in [0.29, 0.717) is 28.6 Å². The largest absolute Gasteiger partial charge is 0.442 e. The van der Waals surface area contributed by atoms with Crippen molar-refractivity contribution in [1.82, 2.24) is 14.5 Å². The molecule has 1 amide bonds. The summed E-state index contributed by atoms with van der Waals surface area (Å²) < 4.78 is 20.7. The smallest absolute Gasteiger partial charge is 0.265 e. The molecule has 3 heterocycles. The van der Waals surface area contributed by atoms with Gasteiger partial charge < -0.3 is 8.98 Å². The predicted octanol–water partition coefficient (Wildman–Crippen LogP) is 3.58. The maximum atomic E-state index is 13.9. The Morgan fingerprint density at radius 2 is 2.07 bits per heavy atom. The van der Waals surface area contributed by atoms with Crippen LogP contribution in [0, 0.1) is 19.7 Å². The quantitative estimate of drug-likeness (QED) is 0.553. The average molecular weight is 412 g/mol. The van der Waals surface area contributed by atoms with E-state index in [2.05, 4.69) is 15.3 Å². The number of nitrogens with zero attached hydrogens (tertiary/aromatic N) is 3. The maximum absolute atomic E-state index is 13.9. The highest BCUT2D eigenvalue weighted by Gasteiger charge is 2.23. The second kappa shape index (κ2) is 7.25. The summed E-state index contributed by atoms with van der Waals surface area (Å²) in [5.41, 5.74) is 1.15. The lowest BCUT2D eigenvalue weighted by atomic mass is 10.1. The second-order valence-corrected chi connectivity index (χ2v) is 7.71. The van der Waals surface area contributed by atoms with Crippen LogP contribution in [0.4, 0.5) is 9.52 Å². The van der Waals surface area contributed by atoms with Crippen LogP contribution in [0.25, 0.3) is 11.1 Å². The lowest BCUT2D eigenvalue weighted by Gasteiger charge is -2.02. The Morgan fingerprint density at radius 1 is 1.31 bits per heavy atom. The number of thiazole rings is 1. The monoisotopic (exact) mass is 412 g/mol. The Labute approximate surface area is 168 Å². The van der Waals surface area contributed by atoms with E-state index in [-0.39, 0.29) is 28.0 Å². The van der Waals surface area contributed by atoms with Crippen LogP contribution in [0.3, 0.4) is 0 Å². The molecule has 0 aliphatic heterocycles. The number of nitrogens with one attached hydrogen (secondary N) is 1. The van der Waals surface area contributed by atoms with Crippen molar-refractivity contribution in [2.24, 2.45) is 7.05 Å². The van der Waals surface area contributed by atoms with Crippen molar-refractivity contribution in [1.29, 1.82) is 0 Å². The van der Waals surface area contributed by atoms with Gasteiger partial charge in [-0.15, -0.1) is 11.3 Å². The van der Waals surface area contributed by atoms with Gasteiger partial charge in [-0.25, -0.2) is 14.4 Å². The number of amides is 1. The topological polar surface area (TPSA) is 90.0 Å². The number of anilines is 1. The summed E-state index contributed by atoms with van der Waals surface area (Å²) in [6.07, 6.45) is 1.72. The number of rotatable bonds is 4. The van der Waals surface area contributed by atoms with E-state index in [1.165, 1.54) is 28.3 Å². The molecule has 0 aliphatic rings. The summed E-state index contributed by atoms with van der Waals surface area (Å²) in [5, 5.41) is 3.22. The van der Waals surface area contributed by atoms with E-state index in [1.807, 2.05) is 0 Å². The number of fused-ring (bicyclic) bond motifs is 1. The number of benzene rings is 1. The molecule has 1 N–H and O–H groups in total. The Kier molecular flexibility index (Phi) is 4.75. The van der Waals surface area contributed by atoms with E-state index in [4.69, 9.17) is 4.42 Å². The van der Waals surface area contributed by atoms with E-state index in [1.54, 1.807) is 39.1 Å². The van der Waals surface area contributed by atoms with Gasteiger partial charge in [-0.1, -0.05) is 18.2 Å². The Morgan fingerprint density at radius 3 is 2.83 bits per heavy atom. The van der Waals surface area contributed by atoms with Crippen molar-refractivity contribution in [2.45, 2.75) is 20.3 Å². The number of hydrogen-bond acceptors (Lipinski definition) is 6. The van der Waals surface area contributed by atoms with Crippen molar-refractivity contribution in [3.63, 3.8) is 0 Å². The van der Waals surface area contributed by atoms with Crippen molar-refractivity contribution in [3.05, 3.63) is 74.2 Å². The first-order valence-electron chi connectivity index (χ1n) is 8.81. The third-order valence-electron chi connectivity index (χ3n) is 4.60. The van der Waals surface area contributed by atoms with Crippen LogP contribution >= 0.6 is 11.3 Å². The van der Waals surface area contributed by atoms with Gasteiger partial charge in [0.25, 0.3) is 11.5 Å². The SMILES string of the molecule is Cc1nc(NC(=O)c2c(C)oc3ncn(C)c(=O)c23)sc1Cc1ccccc1F. The summed E-state index contributed by atoms with van der Waals surface area (Å²) in [6, 6.07) is 6.55. The zero-order valence-electron chi connectivity index (χ0n) is 15.9. The molecule has 7 nitrogen and oxygen atoms in total. The van der Waals surface area contributed by atoms with Crippen LogP contribution < -0.4 is 10.9 Å². The fourth-order valence-electron chi connectivity index (χ4n) is 3.08. The minimum absolute atomic E-state index is 0.117. The second-order valence-electron chi connectivity index (χ2n) is 6.62. The molecule has 0 aliphatic carbocycles. The van der Waals surface area contributed by atoms with Gasteiger partial charge in [0.2, 0.25) is 5.71 Å².